The maximum atomic E-state index is 13.2. The molecule has 0 spiro atoms. The van der Waals surface area contributed by atoms with E-state index in [0.29, 0.717) is 5.69 Å². The molecule has 1 aromatic carbocycles. The first-order valence-electron chi connectivity index (χ1n) is 5.82. The van der Waals surface area contributed by atoms with Crippen molar-refractivity contribution < 1.29 is 9.31 Å². The molecule has 6 heteroatoms. The Labute approximate surface area is 110 Å². The number of hydrogen-bond acceptors (Lipinski definition) is 4. The SMILES string of the molecule is CCSCCC(C)Nc1cc(F)cc([N+](=O)[O-])c1. The number of halogens is 1. The molecule has 0 bridgehead atoms. The molecule has 100 valence electrons. The number of rotatable bonds is 7. The van der Waals surface area contributed by atoms with Gasteiger partial charge in [-0.2, -0.15) is 11.8 Å². The molecule has 0 saturated heterocycles. The van der Waals surface area contributed by atoms with Gasteiger partial charge in [-0.25, -0.2) is 4.39 Å². The predicted octanol–water partition coefficient (Wildman–Crippen LogP) is 3.68. The van der Waals surface area contributed by atoms with Gasteiger partial charge in [0.2, 0.25) is 0 Å². The fourth-order valence-corrected chi connectivity index (χ4v) is 2.33. The second-order valence-electron chi connectivity index (χ2n) is 3.99. The molecule has 0 aliphatic rings. The molecular formula is C12H17FN2O2S. The van der Waals surface area contributed by atoms with E-state index >= 15 is 0 Å². The lowest BCUT2D eigenvalue weighted by atomic mass is 10.2. The van der Waals surface area contributed by atoms with Crippen molar-refractivity contribution in [1.82, 2.24) is 0 Å². The van der Waals surface area contributed by atoms with E-state index in [0.717, 1.165) is 24.0 Å². The summed E-state index contributed by atoms with van der Waals surface area (Å²) in [6.07, 6.45) is 0.933. The van der Waals surface area contributed by atoms with Crippen LogP contribution in [0, 0.1) is 15.9 Å². The van der Waals surface area contributed by atoms with Crippen LogP contribution >= 0.6 is 11.8 Å². The molecular weight excluding hydrogens is 255 g/mol. The number of hydrogen-bond donors (Lipinski definition) is 1. The summed E-state index contributed by atoms with van der Waals surface area (Å²) in [5, 5.41) is 13.7. The summed E-state index contributed by atoms with van der Waals surface area (Å²) in [5.74, 6) is 1.49. The molecule has 0 radical (unpaired) electrons. The topological polar surface area (TPSA) is 55.2 Å². The van der Waals surface area contributed by atoms with Crippen molar-refractivity contribution in [3.63, 3.8) is 0 Å². The quantitative estimate of drug-likeness (QED) is 0.467. The Morgan fingerprint density at radius 1 is 1.50 bits per heavy atom. The second-order valence-corrected chi connectivity index (χ2v) is 5.38. The van der Waals surface area contributed by atoms with Crippen molar-refractivity contribution in [2.24, 2.45) is 0 Å². The summed E-state index contributed by atoms with van der Waals surface area (Å²) in [7, 11) is 0. The fourth-order valence-electron chi connectivity index (χ4n) is 1.52. The minimum atomic E-state index is -0.596. The number of nitrogens with zero attached hydrogens (tertiary/aromatic N) is 1. The van der Waals surface area contributed by atoms with E-state index in [1.807, 2.05) is 18.7 Å². The van der Waals surface area contributed by atoms with Crippen molar-refractivity contribution in [2.75, 3.05) is 16.8 Å². The van der Waals surface area contributed by atoms with Crippen LogP contribution in [0.4, 0.5) is 15.8 Å². The molecule has 0 heterocycles. The molecule has 0 fully saturated rings. The number of benzene rings is 1. The van der Waals surface area contributed by atoms with Crippen molar-refractivity contribution in [3.05, 3.63) is 34.1 Å². The van der Waals surface area contributed by atoms with Gasteiger partial charge in [-0.05, 0) is 30.9 Å². The van der Waals surface area contributed by atoms with Gasteiger partial charge in [0.05, 0.1) is 11.0 Å². The van der Waals surface area contributed by atoms with Gasteiger partial charge < -0.3 is 5.32 Å². The number of anilines is 1. The van der Waals surface area contributed by atoms with Crippen LogP contribution in [0.3, 0.4) is 0 Å². The minimum absolute atomic E-state index is 0.158. The molecule has 0 amide bonds. The van der Waals surface area contributed by atoms with E-state index in [1.54, 1.807) is 0 Å². The van der Waals surface area contributed by atoms with Crippen molar-refractivity contribution >= 4 is 23.1 Å². The summed E-state index contributed by atoms with van der Waals surface area (Å²) in [6, 6.07) is 3.71. The van der Waals surface area contributed by atoms with Crippen molar-refractivity contribution in [3.8, 4) is 0 Å². The average molecular weight is 272 g/mol. The third kappa shape index (κ3) is 4.91. The van der Waals surface area contributed by atoms with Crippen LogP contribution in [0.5, 0.6) is 0 Å². The maximum absolute atomic E-state index is 13.2. The maximum Gasteiger partial charge on any atom is 0.274 e. The highest BCUT2D eigenvalue weighted by Gasteiger charge is 2.11. The molecule has 1 N–H and O–H groups in total. The van der Waals surface area contributed by atoms with Gasteiger partial charge >= 0.3 is 0 Å². The zero-order valence-corrected chi connectivity index (χ0v) is 11.3. The lowest BCUT2D eigenvalue weighted by Crippen LogP contribution is -2.16. The molecule has 0 aromatic heterocycles. The Bertz CT molecular complexity index is 415. The Morgan fingerprint density at radius 2 is 2.22 bits per heavy atom. The van der Waals surface area contributed by atoms with Gasteiger partial charge in [-0.3, -0.25) is 10.1 Å². The van der Waals surface area contributed by atoms with Crippen LogP contribution in [0.15, 0.2) is 18.2 Å². The smallest absolute Gasteiger partial charge is 0.274 e. The first kappa shape index (κ1) is 14.8. The molecule has 18 heavy (non-hydrogen) atoms. The van der Waals surface area contributed by atoms with E-state index in [1.165, 1.54) is 12.1 Å². The molecule has 0 aliphatic heterocycles. The van der Waals surface area contributed by atoms with E-state index in [9.17, 15) is 14.5 Å². The first-order valence-corrected chi connectivity index (χ1v) is 6.97. The molecule has 0 saturated carbocycles. The minimum Gasteiger partial charge on any atom is -0.382 e. The summed E-state index contributed by atoms with van der Waals surface area (Å²) >= 11 is 1.84. The zero-order valence-electron chi connectivity index (χ0n) is 10.5. The van der Waals surface area contributed by atoms with Crippen LogP contribution < -0.4 is 5.32 Å². The summed E-state index contributed by atoms with van der Waals surface area (Å²) < 4.78 is 13.2. The second kappa shape index (κ2) is 7.20. The molecule has 1 unspecified atom stereocenters. The average Bonchev–Trinajstić information content (AvgIpc) is 2.28. The van der Waals surface area contributed by atoms with Crippen molar-refractivity contribution in [1.29, 1.82) is 0 Å². The first-order chi connectivity index (χ1) is 8.52. The number of nitro groups is 1. The molecule has 1 atom stereocenters. The highest BCUT2D eigenvalue weighted by Crippen LogP contribution is 2.21. The lowest BCUT2D eigenvalue weighted by molar-refractivity contribution is -0.385. The third-order valence-electron chi connectivity index (χ3n) is 2.41. The van der Waals surface area contributed by atoms with Gasteiger partial charge in [-0.15, -0.1) is 0 Å². The molecule has 0 aliphatic carbocycles. The molecule has 1 aromatic rings. The monoisotopic (exact) mass is 272 g/mol. The highest BCUT2D eigenvalue weighted by molar-refractivity contribution is 7.99. The number of nitrogens with one attached hydrogen (secondary N) is 1. The van der Waals surface area contributed by atoms with E-state index in [4.69, 9.17) is 0 Å². The third-order valence-corrected chi connectivity index (χ3v) is 3.34. The van der Waals surface area contributed by atoms with E-state index in [2.05, 4.69) is 12.2 Å². The van der Waals surface area contributed by atoms with E-state index < -0.39 is 10.7 Å². The summed E-state index contributed by atoms with van der Waals surface area (Å²) in [4.78, 5) is 10.0. The standard InChI is InChI=1S/C12H17FN2O2S/c1-3-18-5-4-9(2)14-11-6-10(13)7-12(8-11)15(16)17/h6-9,14H,3-5H2,1-2H3. The van der Waals surface area contributed by atoms with Crippen LogP contribution in [0.2, 0.25) is 0 Å². The van der Waals surface area contributed by atoms with Crippen LogP contribution in [-0.2, 0) is 0 Å². The summed E-state index contributed by atoms with van der Waals surface area (Å²) in [5.41, 5.74) is 0.225. The Hall–Kier alpha value is -1.30. The Kier molecular flexibility index (Phi) is 5.91. The summed E-state index contributed by atoms with van der Waals surface area (Å²) in [6.45, 7) is 4.08. The van der Waals surface area contributed by atoms with Crippen LogP contribution in [0.1, 0.15) is 20.3 Å². The Morgan fingerprint density at radius 3 is 2.83 bits per heavy atom. The number of thioether (sulfide) groups is 1. The van der Waals surface area contributed by atoms with Crippen LogP contribution in [0.25, 0.3) is 0 Å². The largest absolute Gasteiger partial charge is 0.382 e. The lowest BCUT2D eigenvalue weighted by Gasteiger charge is -2.14. The number of nitro benzene ring substituents is 1. The molecule has 1 rings (SSSR count). The van der Waals surface area contributed by atoms with Gasteiger partial charge in [0.1, 0.15) is 5.82 Å². The highest BCUT2D eigenvalue weighted by atomic mass is 32.2. The fraction of sp³-hybridized carbons (Fsp3) is 0.500. The van der Waals surface area contributed by atoms with E-state index in [-0.39, 0.29) is 11.7 Å². The van der Waals surface area contributed by atoms with Gasteiger partial charge in [0.15, 0.2) is 0 Å². The Balaban J connectivity index is 2.63. The van der Waals surface area contributed by atoms with Crippen molar-refractivity contribution in [2.45, 2.75) is 26.3 Å². The predicted molar refractivity (Wildman–Crippen MR) is 73.8 cm³/mol. The van der Waals surface area contributed by atoms with Crippen LogP contribution in [-0.4, -0.2) is 22.5 Å². The van der Waals surface area contributed by atoms with Gasteiger partial charge in [0.25, 0.3) is 5.69 Å². The zero-order chi connectivity index (χ0) is 13.5. The van der Waals surface area contributed by atoms with Gasteiger partial charge in [0, 0.05) is 17.8 Å². The normalized spacial score (nSPS) is 12.2. The number of non-ortho nitro benzene ring substituents is 1. The van der Waals surface area contributed by atoms with Gasteiger partial charge in [-0.1, -0.05) is 6.92 Å². The molecule has 4 nitrogen and oxygen atoms in total.